The highest BCUT2D eigenvalue weighted by Gasteiger charge is 2.01. The largest absolute Gasteiger partial charge is 0.351 e. The number of rotatable bonds is 4. The van der Waals surface area contributed by atoms with Gasteiger partial charge in [0.05, 0.1) is 18.8 Å². The Balaban J connectivity index is 1.79. The summed E-state index contributed by atoms with van der Waals surface area (Å²) >= 11 is 1.68. The molecule has 0 fully saturated rings. The molecule has 18 heavy (non-hydrogen) atoms. The first kappa shape index (κ1) is 12.6. The zero-order valence-electron chi connectivity index (χ0n) is 10.4. The van der Waals surface area contributed by atoms with Crippen molar-refractivity contribution in [1.29, 1.82) is 0 Å². The number of H-pyrrole nitrogens is 1. The van der Waals surface area contributed by atoms with Crippen molar-refractivity contribution in [2.75, 3.05) is 7.05 Å². The van der Waals surface area contributed by atoms with Crippen molar-refractivity contribution in [2.24, 2.45) is 4.99 Å². The highest BCUT2D eigenvalue weighted by atomic mass is 32.1. The third-order valence-corrected chi connectivity index (χ3v) is 3.22. The summed E-state index contributed by atoms with van der Waals surface area (Å²) in [5.74, 6) is 0.748. The number of thiazole rings is 1. The zero-order chi connectivity index (χ0) is 12.8. The number of aliphatic imine (C=N–C) groups is 1. The number of hydrogen-bond acceptors (Lipinski definition) is 4. The fourth-order valence-electron chi connectivity index (χ4n) is 1.43. The van der Waals surface area contributed by atoms with Crippen molar-refractivity contribution in [3.8, 4) is 0 Å². The second-order valence-electron chi connectivity index (χ2n) is 3.73. The van der Waals surface area contributed by atoms with Crippen LogP contribution >= 0.6 is 11.3 Å². The van der Waals surface area contributed by atoms with E-state index in [2.05, 4.69) is 30.8 Å². The second kappa shape index (κ2) is 6.15. The van der Waals surface area contributed by atoms with Gasteiger partial charge in [-0.25, -0.2) is 4.98 Å². The summed E-state index contributed by atoms with van der Waals surface area (Å²) in [5.41, 5.74) is 1.02. The molecule has 0 radical (unpaired) electrons. The lowest BCUT2D eigenvalue weighted by molar-refractivity contribution is 0.787. The van der Waals surface area contributed by atoms with Gasteiger partial charge in [-0.2, -0.15) is 5.10 Å². The first-order valence-electron chi connectivity index (χ1n) is 5.62. The van der Waals surface area contributed by atoms with Gasteiger partial charge in [0.2, 0.25) is 0 Å². The standard InChI is InChI=1S/C11H16N6S/c1-8-5-13-10(18-8)7-15-11(12-2)14-6-9-3-4-16-17-9/h3-5H,6-7H2,1-2H3,(H,16,17)(H2,12,14,15). The molecule has 0 bridgehead atoms. The van der Waals surface area contributed by atoms with Crippen LogP contribution in [-0.2, 0) is 13.1 Å². The molecule has 0 saturated heterocycles. The zero-order valence-corrected chi connectivity index (χ0v) is 11.2. The summed E-state index contributed by atoms with van der Waals surface area (Å²) in [4.78, 5) is 9.65. The molecule has 0 spiro atoms. The van der Waals surface area contributed by atoms with E-state index in [-0.39, 0.29) is 0 Å². The van der Waals surface area contributed by atoms with E-state index >= 15 is 0 Å². The Kier molecular flexibility index (Phi) is 4.30. The van der Waals surface area contributed by atoms with Crippen molar-refractivity contribution in [3.63, 3.8) is 0 Å². The Bertz CT molecular complexity index is 501. The highest BCUT2D eigenvalue weighted by Crippen LogP contribution is 2.10. The number of hydrogen-bond donors (Lipinski definition) is 3. The Labute approximate surface area is 110 Å². The van der Waals surface area contributed by atoms with Crippen LogP contribution < -0.4 is 10.6 Å². The van der Waals surface area contributed by atoms with Gasteiger partial charge in [-0.1, -0.05) is 0 Å². The maximum atomic E-state index is 4.29. The van der Waals surface area contributed by atoms with E-state index < -0.39 is 0 Å². The van der Waals surface area contributed by atoms with Crippen molar-refractivity contribution in [3.05, 3.63) is 34.0 Å². The van der Waals surface area contributed by atoms with Crippen molar-refractivity contribution in [1.82, 2.24) is 25.8 Å². The van der Waals surface area contributed by atoms with E-state index in [4.69, 9.17) is 0 Å². The lowest BCUT2D eigenvalue weighted by Crippen LogP contribution is -2.36. The lowest BCUT2D eigenvalue weighted by Gasteiger charge is -2.09. The van der Waals surface area contributed by atoms with Crippen molar-refractivity contribution in [2.45, 2.75) is 20.0 Å². The molecule has 7 heteroatoms. The van der Waals surface area contributed by atoms with Crippen molar-refractivity contribution >= 4 is 17.3 Å². The minimum Gasteiger partial charge on any atom is -0.351 e. The third-order valence-electron chi connectivity index (χ3n) is 2.30. The molecular weight excluding hydrogens is 248 g/mol. The van der Waals surface area contributed by atoms with Crippen LogP contribution in [0.15, 0.2) is 23.5 Å². The fourth-order valence-corrected chi connectivity index (χ4v) is 2.15. The molecule has 0 amide bonds. The van der Waals surface area contributed by atoms with Crippen LogP contribution in [0.25, 0.3) is 0 Å². The molecule has 2 heterocycles. The third kappa shape index (κ3) is 3.56. The summed E-state index contributed by atoms with van der Waals surface area (Å²) in [6.45, 7) is 3.39. The molecule has 2 aromatic rings. The van der Waals surface area contributed by atoms with Gasteiger partial charge in [-0.15, -0.1) is 11.3 Å². The van der Waals surface area contributed by atoms with Gasteiger partial charge in [0.1, 0.15) is 5.01 Å². The summed E-state index contributed by atoms with van der Waals surface area (Å²) in [5, 5.41) is 14.2. The van der Waals surface area contributed by atoms with Crippen LogP contribution in [-0.4, -0.2) is 28.2 Å². The molecule has 0 atom stereocenters. The molecule has 3 N–H and O–H groups in total. The smallest absolute Gasteiger partial charge is 0.191 e. The average molecular weight is 264 g/mol. The quantitative estimate of drug-likeness (QED) is 0.569. The van der Waals surface area contributed by atoms with E-state index in [0.717, 1.165) is 16.7 Å². The van der Waals surface area contributed by atoms with Gasteiger partial charge in [-0.3, -0.25) is 10.1 Å². The molecule has 0 aliphatic carbocycles. The minimum absolute atomic E-state index is 0.663. The van der Waals surface area contributed by atoms with Crippen LogP contribution in [0.3, 0.4) is 0 Å². The average Bonchev–Trinajstić information content (AvgIpc) is 3.01. The van der Waals surface area contributed by atoms with Crippen LogP contribution in [0.2, 0.25) is 0 Å². The number of guanidine groups is 1. The van der Waals surface area contributed by atoms with Gasteiger partial charge in [0.25, 0.3) is 0 Å². The van der Waals surface area contributed by atoms with Crippen molar-refractivity contribution < 1.29 is 0 Å². The van der Waals surface area contributed by atoms with E-state index in [1.165, 1.54) is 4.88 Å². The molecule has 2 rings (SSSR count). The van der Waals surface area contributed by atoms with Gasteiger partial charge in [0, 0.05) is 24.3 Å². The number of nitrogens with one attached hydrogen (secondary N) is 3. The summed E-state index contributed by atoms with van der Waals surface area (Å²) in [7, 11) is 1.75. The van der Waals surface area contributed by atoms with Crippen LogP contribution in [0.1, 0.15) is 15.6 Å². The molecule has 0 aliphatic heterocycles. The number of aromatic nitrogens is 3. The summed E-state index contributed by atoms with van der Waals surface area (Å²) < 4.78 is 0. The topological polar surface area (TPSA) is 78.0 Å². The normalized spacial score (nSPS) is 11.6. The van der Waals surface area contributed by atoms with Gasteiger partial charge >= 0.3 is 0 Å². The molecule has 0 saturated carbocycles. The Morgan fingerprint density at radius 2 is 2.28 bits per heavy atom. The fraction of sp³-hybridized carbons (Fsp3) is 0.364. The Morgan fingerprint density at radius 1 is 1.44 bits per heavy atom. The molecule has 6 nitrogen and oxygen atoms in total. The number of nitrogens with zero attached hydrogens (tertiary/aromatic N) is 3. The van der Waals surface area contributed by atoms with Gasteiger partial charge < -0.3 is 10.6 Å². The summed E-state index contributed by atoms with van der Waals surface area (Å²) in [6.07, 6.45) is 3.61. The van der Waals surface area contributed by atoms with Crippen LogP contribution in [0.4, 0.5) is 0 Å². The molecule has 0 aliphatic rings. The van der Waals surface area contributed by atoms with Gasteiger partial charge in [0.15, 0.2) is 5.96 Å². The van der Waals surface area contributed by atoms with E-state index in [9.17, 15) is 0 Å². The SMILES string of the molecule is CN=C(NCc1ccn[nH]1)NCc1ncc(C)s1. The molecule has 0 aromatic carbocycles. The molecule has 2 aromatic heterocycles. The monoisotopic (exact) mass is 264 g/mol. The maximum Gasteiger partial charge on any atom is 0.191 e. The minimum atomic E-state index is 0.663. The first-order chi connectivity index (χ1) is 8.78. The summed E-state index contributed by atoms with van der Waals surface area (Å²) in [6, 6.07) is 1.92. The predicted octanol–water partition coefficient (Wildman–Crippen LogP) is 1.04. The lowest BCUT2D eigenvalue weighted by atomic mass is 10.4. The van der Waals surface area contributed by atoms with E-state index in [1.807, 2.05) is 19.2 Å². The highest BCUT2D eigenvalue weighted by molar-refractivity contribution is 7.11. The Morgan fingerprint density at radius 3 is 2.89 bits per heavy atom. The van der Waals surface area contributed by atoms with E-state index in [0.29, 0.717) is 13.1 Å². The molecule has 0 unspecified atom stereocenters. The number of aromatic amines is 1. The maximum absolute atomic E-state index is 4.29. The number of aryl methyl sites for hydroxylation is 1. The predicted molar refractivity (Wildman–Crippen MR) is 72.5 cm³/mol. The first-order valence-corrected chi connectivity index (χ1v) is 6.43. The van der Waals surface area contributed by atoms with Crippen LogP contribution in [0, 0.1) is 6.92 Å². The van der Waals surface area contributed by atoms with Gasteiger partial charge in [-0.05, 0) is 13.0 Å². The van der Waals surface area contributed by atoms with Crippen LogP contribution in [0.5, 0.6) is 0 Å². The van der Waals surface area contributed by atoms with E-state index in [1.54, 1.807) is 24.6 Å². The Hall–Kier alpha value is -1.89. The second-order valence-corrected chi connectivity index (χ2v) is 5.05. The molecule has 96 valence electrons. The molecular formula is C11H16N6S.